The van der Waals surface area contributed by atoms with Crippen molar-refractivity contribution in [3.05, 3.63) is 59.8 Å². The molecule has 1 N–H and O–H groups in total. The van der Waals surface area contributed by atoms with E-state index < -0.39 is 0 Å². The normalized spacial score (nSPS) is 10.2. The molecule has 0 unspecified atom stereocenters. The SMILES string of the molecule is COc1cccc2c(Nc3cccc(C)c3)c(C#N)cnc12. The molecule has 0 bridgehead atoms. The molecule has 0 aliphatic heterocycles. The summed E-state index contributed by atoms with van der Waals surface area (Å²) in [6.45, 7) is 2.03. The molecule has 108 valence electrons. The summed E-state index contributed by atoms with van der Waals surface area (Å²) in [6, 6.07) is 15.9. The first kappa shape index (κ1) is 13.9. The van der Waals surface area contributed by atoms with E-state index in [0.29, 0.717) is 11.3 Å². The third-order valence-corrected chi connectivity index (χ3v) is 3.49. The number of hydrogen-bond acceptors (Lipinski definition) is 4. The van der Waals surface area contributed by atoms with E-state index in [4.69, 9.17) is 4.74 Å². The van der Waals surface area contributed by atoms with Crippen LogP contribution in [0.5, 0.6) is 5.75 Å². The van der Waals surface area contributed by atoms with Crippen molar-refractivity contribution in [3.8, 4) is 11.8 Å². The lowest BCUT2D eigenvalue weighted by Gasteiger charge is -2.13. The highest BCUT2D eigenvalue weighted by molar-refractivity contribution is 5.98. The Morgan fingerprint density at radius 3 is 2.73 bits per heavy atom. The molecule has 0 radical (unpaired) electrons. The molecule has 1 aromatic heterocycles. The van der Waals surface area contributed by atoms with Crippen LogP contribution in [-0.4, -0.2) is 12.1 Å². The summed E-state index contributed by atoms with van der Waals surface area (Å²) < 4.78 is 5.35. The lowest BCUT2D eigenvalue weighted by molar-refractivity contribution is 0.419. The minimum atomic E-state index is 0.502. The molecule has 2 aromatic carbocycles. The highest BCUT2D eigenvalue weighted by Crippen LogP contribution is 2.33. The maximum atomic E-state index is 9.38. The molecule has 0 aliphatic rings. The van der Waals surface area contributed by atoms with E-state index in [1.54, 1.807) is 13.3 Å². The van der Waals surface area contributed by atoms with Crippen molar-refractivity contribution in [1.82, 2.24) is 4.98 Å². The largest absolute Gasteiger partial charge is 0.494 e. The fraction of sp³-hybridized carbons (Fsp3) is 0.111. The molecule has 1 heterocycles. The van der Waals surface area contributed by atoms with Gasteiger partial charge in [-0.05, 0) is 30.7 Å². The predicted molar refractivity (Wildman–Crippen MR) is 87.5 cm³/mol. The summed E-state index contributed by atoms with van der Waals surface area (Å²) >= 11 is 0. The third kappa shape index (κ3) is 2.45. The van der Waals surface area contributed by atoms with Crippen LogP contribution in [0.3, 0.4) is 0 Å². The number of fused-ring (bicyclic) bond motifs is 1. The van der Waals surface area contributed by atoms with Crippen molar-refractivity contribution < 1.29 is 4.74 Å². The minimum Gasteiger partial charge on any atom is -0.494 e. The molecule has 0 amide bonds. The van der Waals surface area contributed by atoms with Gasteiger partial charge in [-0.2, -0.15) is 5.26 Å². The quantitative estimate of drug-likeness (QED) is 0.786. The third-order valence-electron chi connectivity index (χ3n) is 3.49. The maximum absolute atomic E-state index is 9.38. The zero-order valence-electron chi connectivity index (χ0n) is 12.4. The molecule has 0 aliphatic carbocycles. The van der Waals surface area contributed by atoms with Gasteiger partial charge in [-0.15, -0.1) is 0 Å². The van der Waals surface area contributed by atoms with E-state index in [9.17, 15) is 5.26 Å². The standard InChI is InChI=1S/C18H15N3O/c1-12-5-3-6-14(9-12)21-17-13(10-19)11-20-18-15(17)7-4-8-16(18)22-2/h3-9,11H,1-2H3,(H,20,21). The Hall–Kier alpha value is -3.06. The van der Waals surface area contributed by atoms with Crippen LogP contribution in [0.25, 0.3) is 10.9 Å². The predicted octanol–water partition coefficient (Wildman–Crippen LogP) is 4.17. The van der Waals surface area contributed by atoms with E-state index in [1.807, 2.05) is 49.4 Å². The Bertz CT molecular complexity index is 881. The number of nitrogens with one attached hydrogen (secondary N) is 1. The monoisotopic (exact) mass is 289 g/mol. The zero-order chi connectivity index (χ0) is 15.5. The average Bonchev–Trinajstić information content (AvgIpc) is 2.54. The maximum Gasteiger partial charge on any atom is 0.145 e. The Balaban J connectivity index is 2.20. The first-order valence-electron chi connectivity index (χ1n) is 6.92. The smallest absolute Gasteiger partial charge is 0.145 e. The number of aryl methyl sites for hydroxylation is 1. The van der Waals surface area contributed by atoms with Crippen molar-refractivity contribution in [3.63, 3.8) is 0 Å². The van der Waals surface area contributed by atoms with Gasteiger partial charge in [0.2, 0.25) is 0 Å². The van der Waals surface area contributed by atoms with Crippen LogP contribution in [-0.2, 0) is 0 Å². The number of nitriles is 1. The number of nitrogens with zero attached hydrogens (tertiary/aromatic N) is 2. The van der Waals surface area contributed by atoms with Gasteiger partial charge in [0.25, 0.3) is 0 Å². The lowest BCUT2D eigenvalue weighted by Crippen LogP contribution is -1.98. The second kappa shape index (κ2) is 5.74. The minimum absolute atomic E-state index is 0.502. The number of rotatable bonds is 3. The summed E-state index contributed by atoms with van der Waals surface area (Å²) in [4.78, 5) is 4.36. The number of benzene rings is 2. The highest BCUT2D eigenvalue weighted by Gasteiger charge is 2.12. The molecule has 0 spiro atoms. The number of ether oxygens (including phenoxy) is 1. The molecule has 22 heavy (non-hydrogen) atoms. The van der Waals surface area contributed by atoms with Crippen molar-refractivity contribution in [2.45, 2.75) is 6.92 Å². The number of aromatic nitrogens is 1. The van der Waals surface area contributed by atoms with Crippen molar-refractivity contribution >= 4 is 22.3 Å². The molecule has 4 heteroatoms. The molecule has 3 aromatic rings. The Morgan fingerprint density at radius 1 is 1.18 bits per heavy atom. The van der Waals surface area contributed by atoms with Crippen molar-refractivity contribution in [2.75, 3.05) is 12.4 Å². The first-order valence-corrected chi connectivity index (χ1v) is 6.92. The van der Waals surface area contributed by atoms with Gasteiger partial charge in [0.1, 0.15) is 17.3 Å². The van der Waals surface area contributed by atoms with Gasteiger partial charge in [-0.25, -0.2) is 0 Å². The molecule has 0 saturated carbocycles. The second-order valence-corrected chi connectivity index (χ2v) is 5.01. The number of hydrogen-bond donors (Lipinski definition) is 1. The van der Waals surface area contributed by atoms with Crippen LogP contribution in [0.15, 0.2) is 48.7 Å². The lowest BCUT2D eigenvalue weighted by atomic mass is 10.1. The molecular formula is C18H15N3O. The van der Waals surface area contributed by atoms with Crippen LogP contribution >= 0.6 is 0 Å². The Morgan fingerprint density at radius 2 is 2.00 bits per heavy atom. The van der Waals surface area contributed by atoms with Crippen LogP contribution in [0.4, 0.5) is 11.4 Å². The molecule has 0 atom stereocenters. The van der Waals surface area contributed by atoms with Crippen LogP contribution in [0.2, 0.25) is 0 Å². The molecule has 4 nitrogen and oxygen atoms in total. The van der Waals surface area contributed by atoms with Crippen LogP contribution in [0, 0.1) is 18.3 Å². The first-order chi connectivity index (χ1) is 10.7. The van der Waals surface area contributed by atoms with E-state index >= 15 is 0 Å². The number of pyridine rings is 1. The number of anilines is 2. The van der Waals surface area contributed by atoms with Gasteiger partial charge in [0, 0.05) is 17.3 Å². The van der Waals surface area contributed by atoms with Gasteiger partial charge in [0.15, 0.2) is 0 Å². The zero-order valence-corrected chi connectivity index (χ0v) is 12.4. The highest BCUT2D eigenvalue weighted by atomic mass is 16.5. The van der Waals surface area contributed by atoms with E-state index in [1.165, 1.54) is 0 Å². The number of methoxy groups -OCH3 is 1. The number of para-hydroxylation sites is 1. The van der Waals surface area contributed by atoms with Gasteiger partial charge in [-0.1, -0.05) is 24.3 Å². The van der Waals surface area contributed by atoms with Crippen molar-refractivity contribution in [1.29, 1.82) is 5.26 Å². The molecule has 3 rings (SSSR count). The van der Waals surface area contributed by atoms with Gasteiger partial charge in [0.05, 0.1) is 18.4 Å². The molecule has 0 fully saturated rings. The van der Waals surface area contributed by atoms with Gasteiger partial charge in [-0.3, -0.25) is 4.98 Å². The summed E-state index contributed by atoms with van der Waals surface area (Å²) in [6.07, 6.45) is 1.57. The van der Waals surface area contributed by atoms with Crippen LogP contribution < -0.4 is 10.1 Å². The molecule has 0 saturated heterocycles. The second-order valence-electron chi connectivity index (χ2n) is 5.01. The van der Waals surface area contributed by atoms with Crippen molar-refractivity contribution in [2.24, 2.45) is 0 Å². The summed E-state index contributed by atoms with van der Waals surface area (Å²) in [5.41, 5.74) is 4.07. The Labute approximate surface area is 129 Å². The Kier molecular flexibility index (Phi) is 3.63. The average molecular weight is 289 g/mol. The van der Waals surface area contributed by atoms with Gasteiger partial charge >= 0.3 is 0 Å². The molecular weight excluding hydrogens is 274 g/mol. The summed E-state index contributed by atoms with van der Waals surface area (Å²) in [7, 11) is 1.61. The summed E-state index contributed by atoms with van der Waals surface area (Å²) in [5, 5.41) is 13.6. The topological polar surface area (TPSA) is 57.9 Å². The van der Waals surface area contributed by atoms with E-state index in [2.05, 4.69) is 16.4 Å². The van der Waals surface area contributed by atoms with E-state index in [-0.39, 0.29) is 0 Å². The van der Waals surface area contributed by atoms with E-state index in [0.717, 1.165) is 27.8 Å². The van der Waals surface area contributed by atoms with Crippen LogP contribution in [0.1, 0.15) is 11.1 Å². The van der Waals surface area contributed by atoms with Gasteiger partial charge < -0.3 is 10.1 Å². The summed E-state index contributed by atoms with van der Waals surface area (Å²) in [5.74, 6) is 0.689. The fourth-order valence-electron chi connectivity index (χ4n) is 2.45. The fourth-order valence-corrected chi connectivity index (χ4v) is 2.45.